The maximum absolute atomic E-state index is 13.4. The average Bonchev–Trinajstić information content (AvgIpc) is 3.57. The second-order valence-electron chi connectivity index (χ2n) is 9.40. The van der Waals surface area contributed by atoms with Gasteiger partial charge in [-0.05, 0) is 60.8 Å². The van der Waals surface area contributed by atoms with Crippen molar-refractivity contribution < 1.29 is 23.9 Å². The van der Waals surface area contributed by atoms with Gasteiger partial charge in [0.1, 0.15) is 6.04 Å². The summed E-state index contributed by atoms with van der Waals surface area (Å²) in [5.41, 5.74) is 0.383. The molecule has 0 radical (unpaired) electrons. The Hall–Kier alpha value is -2.47. The number of ether oxygens (including phenoxy) is 1. The molecule has 1 aromatic rings. The van der Waals surface area contributed by atoms with E-state index in [9.17, 15) is 19.2 Å². The predicted octanol–water partition coefficient (Wildman–Crippen LogP) is 3.68. The summed E-state index contributed by atoms with van der Waals surface area (Å²) in [6.07, 6.45) is 7.14. The van der Waals surface area contributed by atoms with Crippen molar-refractivity contribution in [3.05, 3.63) is 47.0 Å². The number of ketones is 1. The van der Waals surface area contributed by atoms with E-state index in [-0.39, 0.29) is 41.3 Å². The third-order valence-electron chi connectivity index (χ3n) is 7.62. The largest absolute Gasteiger partial charge is 0.456 e. The number of likely N-dealkylation sites (tertiary alicyclic amines) is 1. The Labute approximate surface area is 191 Å². The van der Waals surface area contributed by atoms with Gasteiger partial charge in [-0.2, -0.15) is 0 Å². The van der Waals surface area contributed by atoms with Crippen molar-refractivity contribution in [2.45, 2.75) is 38.6 Å². The zero-order chi connectivity index (χ0) is 22.6. The number of amides is 2. The Morgan fingerprint density at radius 3 is 2.22 bits per heavy atom. The highest BCUT2D eigenvalue weighted by Gasteiger charge is 2.67. The summed E-state index contributed by atoms with van der Waals surface area (Å²) in [5.74, 6) is -1.04. The van der Waals surface area contributed by atoms with E-state index in [0.29, 0.717) is 35.3 Å². The van der Waals surface area contributed by atoms with Crippen LogP contribution in [0.15, 0.2) is 36.4 Å². The number of imide groups is 1. The third-order valence-corrected chi connectivity index (χ3v) is 7.88. The Bertz CT molecular complexity index is 966. The van der Waals surface area contributed by atoms with E-state index in [0.717, 1.165) is 12.8 Å². The Balaban J connectivity index is 1.31. The molecule has 2 bridgehead atoms. The number of benzene rings is 1. The van der Waals surface area contributed by atoms with Crippen LogP contribution in [0.4, 0.5) is 0 Å². The minimum absolute atomic E-state index is 0.103. The van der Waals surface area contributed by atoms with Gasteiger partial charge in [0.25, 0.3) is 0 Å². The van der Waals surface area contributed by atoms with Crippen LogP contribution >= 0.6 is 11.6 Å². The van der Waals surface area contributed by atoms with E-state index in [1.807, 2.05) is 6.92 Å². The first-order valence-electron chi connectivity index (χ1n) is 11.4. The first kappa shape index (κ1) is 21.4. The smallest absolute Gasteiger partial charge is 0.329 e. The number of nitrogens with zero attached hydrogens (tertiary/aromatic N) is 1. The molecule has 6 rings (SSSR count). The monoisotopic (exact) mass is 455 g/mol. The summed E-state index contributed by atoms with van der Waals surface area (Å²) >= 11 is 5.85. The lowest BCUT2D eigenvalue weighted by Crippen LogP contribution is -2.47. The van der Waals surface area contributed by atoms with Gasteiger partial charge < -0.3 is 4.74 Å². The van der Waals surface area contributed by atoms with Crippen molar-refractivity contribution in [1.82, 2.24) is 4.90 Å². The van der Waals surface area contributed by atoms with Crippen molar-refractivity contribution in [2.75, 3.05) is 6.61 Å². The summed E-state index contributed by atoms with van der Waals surface area (Å²) in [6, 6.07) is 5.35. The highest BCUT2D eigenvalue weighted by atomic mass is 35.5. The van der Waals surface area contributed by atoms with Gasteiger partial charge in [0, 0.05) is 10.6 Å². The number of allylic oxidation sites excluding steroid dienone is 2. The van der Waals surface area contributed by atoms with Crippen LogP contribution in [0, 0.1) is 35.5 Å². The molecular weight excluding hydrogens is 430 g/mol. The van der Waals surface area contributed by atoms with E-state index < -0.39 is 18.6 Å². The lowest BCUT2D eigenvalue weighted by molar-refractivity contribution is -0.158. The van der Waals surface area contributed by atoms with E-state index in [2.05, 4.69) is 12.2 Å². The zero-order valence-corrected chi connectivity index (χ0v) is 18.7. The minimum atomic E-state index is -0.978. The molecule has 32 heavy (non-hydrogen) atoms. The number of hydrogen-bond donors (Lipinski definition) is 0. The molecule has 168 valence electrons. The number of Topliss-reactive ketones (excluding diaryl/α,β-unsaturated/α-hetero) is 1. The third kappa shape index (κ3) is 3.40. The molecule has 0 spiro atoms. The SMILES string of the molecule is CCCC[C@H](C(=O)OCC(=O)c1ccc(Cl)cc1)N1C(=O)[C@@H]2[C@@H]3C=C[C@H]([C@H]4C[C@H]34)[C@@H]2C1=O. The molecule has 7 heteroatoms. The molecule has 1 aliphatic heterocycles. The molecular formula is C25H26ClNO5. The van der Waals surface area contributed by atoms with Crippen molar-refractivity contribution >= 4 is 35.2 Å². The zero-order valence-electron chi connectivity index (χ0n) is 17.9. The van der Waals surface area contributed by atoms with E-state index in [1.54, 1.807) is 24.3 Å². The van der Waals surface area contributed by atoms with Crippen molar-refractivity contribution in [1.29, 1.82) is 0 Å². The lowest BCUT2D eigenvalue weighted by atomic mass is 9.63. The van der Waals surface area contributed by atoms with Gasteiger partial charge in [0.15, 0.2) is 12.4 Å². The summed E-state index contributed by atoms with van der Waals surface area (Å²) < 4.78 is 5.33. The van der Waals surface area contributed by atoms with Gasteiger partial charge in [0.05, 0.1) is 11.8 Å². The average molecular weight is 456 g/mol. The highest BCUT2D eigenvalue weighted by Crippen LogP contribution is 2.65. The van der Waals surface area contributed by atoms with E-state index in [4.69, 9.17) is 16.3 Å². The van der Waals surface area contributed by atoms with Crippen LogP contribution in [0.5, 0.6) is 0 Å². The fourth-order valence-corrected chi connectivity index (χ4v) is 6.12. The Kier molecular flexibility index (Phi) is 5.44. The maximum Gasteiger partial charge on any atom is 0.329 e. The maximum atomic E-state index is 13.4. The second-order valence-corrected chi connectivity index (χ2v) is 9.83. The number of hydrogen-bond acceptors (Lipinski definition) is 5. The first-order chi connectivity index (χ1) is 15.4. The van der Waals surface area contributed by atoms with Crippen molar-refractivity contribution in [3.8, 4) is 0 Å². The van der Waals surface area contributed by atoms with Crippen LogP contribution in [0.25, 0.3) is 0 Å². The van der Waals surface area contributed by atoms with Gasteiger partial charge in [-0.25, -0.2) is 4.79 Å². The topological polar surface area (TPSA) is 80.8 Å². The molecule has 1 aromatic carbocycles. The standard InChI is InChI=1S/C25H26ClNO5/c1-2-3-4-19(25(31)32-12-20(28)13-5-7-14(26)8-6-13)27-23(29)21-15-9-10-16(18-11-17(15)18)22(21)24(27)30/h5-10,15-19,21-22H,2-4,11-12H2,1H3/t15-,16-,17-,18-,19-,21-,22+/m1/s1. The molecule has 0 N–H and O–H groups in total. The number of rotatable bonds is 8. The molecule has 1 saturated heterocycles. The van der Waals surface area contributed by atoms with Crippen molar-refractivity contribution in [3.63, 3.8) is 0 Å². The normalized spacial score (nSPS) is 32.5. The molecule has 2 saturated carbocycles. The van der Waals surface area contributed by atoms with E-state index in [1.165, 1.54) is 4.90 Å². The van der Waals surface area contributed by atoms with Gasteiger partial charge in [-0.1, -0.05) is 43.5 Å². The molecule has 3 fully saturated rings. The van der Waals surface area contributed by atoms with Crippen LogP contribution in [-0.2, 0) is 19.1 Å². The number of unbranched alkanes of at least 4 members (excludes halogenated alkanes) is 1. The Morgan fingerprint density at radius 1 is 1.06 bits per heavy atom. The summed E-state index contributed by atoms with van der Waals surface area (Å²) in [7, 11) is 0. The van der Waals surface area contributed by atoms with Crippen LogP contribution in [0.3, 0.4) is 0 Å². The predicted molar refractivity (Wildman–Crippen MR) is 117 cm³/mol. The van der Waals surface area contributed by atoms with Crippen molar-refractivity contribution in [2.24, 2.45) is 35.5 Å². The number of carbonyl (C=O) groups is 4. The van der Waals surface area contributed by atoms with Crippen LogP contribution in [-0.4, -0.2) is 41.1 Å². The summed E-state index contributed by atoms with van der Waals surface area (Å²) in [6.45, 7) is 1.54. The summed E-state index contributed by atoms with van der Waals surface area (Å²) in [5, 5.41) is 0.506. The highest BCUT2D eigenvalue weighted by molar-refractivity contribution is 6.30. The van der Waals surface area contributed by atoms with Crippen LogP contribution in [0.2, 0.25) is 5.02 Å². The van der Waals surface area contributed by atoms with Crippen LogP contribution < -0.4 is 0 Å². The van der Waals surface area contributed by atoms with Gasteiger partial charge >= 0.3 is 5.97 Å². The molecule has 5 aliphatic rings. The quantitative estimate of drug-likeness (QED) is 0.258. The number of halogens is 1. The molecule has 1 heterocycles. The molecule has 0 aromatic heterocycles. The molecule has 7 atom stereocenters. The number of esters is 1. The molecule has 0 unspecified atom stereocenters. The fraction of sp³-hybridized carbons (Fsp3) is 0.520. The fourth-order valence-electron chi connectivity index (χ4n) is 5.99. The Morgan fingerprint density at radius 2 is 1.66 bits per heavy atom. The van der Waals surface area contributed by atoms with Gasteiger partial charge in [-0.15, -0.1) is 0 Å². The van der Waals surface area contributed by atoms with Crippen LogP contribution in [0.1, 0.15) is 43.0 Å². The van der Waals surface area contributed by atoms with Gasteiger partial charge in [-0.3, -0.25) is 19.3 Å². The first-order valence-corrected chi connectivity index (χ1v) is 11.8. The molecule has 6 nitrogen and oxygen atoms in total. The van der Waals surface area contributed by atoms with E-state index >= 15 is 0 Å². The second kappa shape index (κ2) is 8.14. The number of carbonyl (C=O) groups excluding carboxylic acids is 4. The summed E-state index contributed by atoms with van der Waals surface area (Å²) in [4.78, 5) is 53.4. The van der Waals surface area contributed by atoms with Gasteiger partial charge in [0.2, 0.25) is 11.8 Å². The molecule has 2 amide bonds. The molecule has 4 aliphatic carbocycles. The lowest BCUT2D eigenvalue weighted by Gasteiger charge is -2.37. The minimum Gasteiger partial charge on any atom is -0.456 e.